The van der Waals surface area contributed by atoms with Gasteiger partial charge in [-0.25, -0.2) is 4.79 Å². The predicted octanol–water partition coefficient (Wildman–Crippen LogP) is 4.88. The van der Waals surface area contributed by atoms with Crippen molar-refractivity contribution in [1.82, 2.24) is 5.32 Å². The number of aliphatic hydroxyl groups is 1. The first-order valence-electron chi connectivity index (χ1n) is 14.2. The Labute approximate surface area is 225 Å². The molecule has 5 rings (SSSR count). The molecule has 7 nitrogen and oxygen atoms in total. The van der Waals surface area contributed by atoms with E-state index in [0.29, 0.717) is 17.8 Å². The van der Waals surface area contributed by atoms with Gasteiger partial charge in [-0.15, -0.1) is 0 Å². The van der Waals surface area contributed by atoms with Crippen LogP contribution in [0.1, 0.15) is 77.7 Å². The molecule has 1 aromatic carbocycles. The summed E-state index contributed by atoms with van der Waals surface area (Å²) in [5, 5.41) is 27.5. The number of amides is 1. The largest absolute Gasteiger partial charge is 0.480 e. The van der Waals surface area contributed by atoms with E-state index in [1.54, 1.807) is 0 Å². The summed E-state index contributed by atoms with van der Waals surface area (Å²) in [6.07, 6.45) is 10.7. The van der Waals surface area contributed by atoms with Crippen LogP contribution in [-0.2, 0) is 20.8 Å². The van der Waals surface area contributed by atoms with Gasteiger partial charge in [-0.3, -0.25) is 4.79 Å². The van der Waals surface area contributed by atoms with Crippen LogP contribution in [-0.4, -0.2) is 46.1 Å². The Morgan fingerprint density at radius 3 is 2.53 bits per heavy atom. The van der Waals surface area contributed by atoms with Gasteiger partial charge in [0.25, 0.3) is 5.91 Å². The van der Waals surface area contributed by atoms with Gasteiger partial charge in [0.15, 0.2) is 6.61 Å². The van der Waals surface area contributed by atoms with Crippen molar-refractivity contribution in [1.29, 1.82) is 0 Å². The van der Waals surface area contributed by atoms with E-state index >= 15 is 0 Å². The van der Waals surface area contributed by atoms with Gasteiger partial charge >= 0.3 is 5.97 Å². The molecule has 7 atom stereocenters. The van der Waals surface area contributed by atoms with Crippen molar-refractivity contribution >= 4 is 17.6 Å². The van der Waals surface area contributed by atoms with Crippen LogP contribution in [0.15, 0.2) is 47.1 Å². The molecule has 1 amide bonds. The van der Waals surface area contributed by atoms with Crippen molar-refractivity contribution in [3.05, 3.63) is 47.5 Å². The Morgan fingerprint density at radius 2 is 1.79 bits per heavy atom. The number of nitrogens with zero attached hydrogens (tertiary/aromatic N) is 1. The van der Waals surface area contributed by atoms with Crippen LogP contribution in [0.25, 0.3) is 0 Å². The molecule has 0 radical (unpaired) electrons. The Hall–Kier alpha value is -2.67. The van der Waals surface area contributed by atoms with Crippen molar-refractivity contribution in [3.8, 4) is 0 Å². The average molecular weight is 523 g/mol. The molecule has 3 N–H and O–H groups in total. The molecule has 0 saturated heterocycles. The third-order valence-electron chi connectivity index (χ3n) is 10.8. The molecule has 3 fully saturated rings. The third-order valence-corrected chi connectivity index (χ3v) is 10.8. The molecule has 7 heteroatoms. The molecule has 3 unspecified atom stereocenters. The second kappa shape index (κ2) is 10.1. The molecule has 4 aliphatic rings. The predicted molar refractivity (Wildman–Crippen MR) is 145 cm³/mol. The molecular formula is C31H42N2O5. The molecule has 0 bridgehead atoms. The molecule has 38 heavy (non-hydrogen) atoms. The van der Waals surface area contributed by atoms with Crippen molar-refractivity contribution in [3.63, 3.8) is 0 Å². The number of fused-ring (bicyclic) bond motifs is 5. The van der Waals surface area contributed by atoms with Crippen LogP contribution < -0.4 is 5.32 Å². The van der Waals surface area contributed by atoms with Crippen molar-refractivity contribution in [2.75, 3.05) is 6.61 Å². The Morgan fingerprint density at radius 1 is 1.05 bits per heavy atom. The number of hydrogen-bond acceptors (Lipinski definition) is 5. The lowest BCUT2D eigenvalue weighted by molar-refractivity contribution is -0.142. The summed E-state index contributed by atoms with van der Waals surface area (Å²) in [7, 11) is 0. The maximum absolute atomic E-state index is 12.4. The summed E-state index contributed by atoms with van der Waals surface area (Å²) in [5.41, 5.74) is 2.77. The van der Waals surface area contributed by atoms with Crippen LogP contribution in [0.4, 0.5) is 0 Å². The lowest BCUT2D eigenvalue weighted by Gasteiger charge is -2.59. The maximum atomic E-state index is 12.4. The van der Waals surface area contributed by atoms with E-state index in [-0.39, 0.29) is 23.9 Å². The quantitative estimate of drug-likeness (QED) is 0.442. The summed E-state index contributed by atoms with van der Waals surface area (Å²) in [5.74, 6) is 0.332. The lowest BCUT2D eigenvalue weighted by Crippen LogP contribution is -2.53. The van der Waals surface area contributed by atoms with Crippen molar-refractivity contribution in [2.45, 2.75) is 90.2 Å². The first kappa shape index (κ1) is 26.9. The smallest absolute Gasteiger partial charge is 0.326 e. The maximum Gasteiger partial charge on any atom is 0.326 e. The minimum atomic E-state index is -1.08. The number of rotatable bonds is 7. The Bertz CT molecular complexity index is 1130. The topological polar surface area (TPSA) is 108 Å². The Kier molecular flexibility index (Phi) is 7.18. The van der Waals surface area contributed by atoms with E-state index in [0.717, 1.165) is 56.2 Å². The number of aliphatic carboxylic acids is 1. The molecule has 3 saturated carbocycles. The summed E-state index contributed by atoms with van der Waals surface area (Å²) >= 11 is 0. The molecule has 0 spiro atoms. The van der Waals surface area contributed by atoms with Gasteiger partial charge in [0, 0.05) is 6.42 Å². The fourth-order valence-corrected chi connectivity index (χ4v) is 8.35. The van der Waals surface area contributed by atoms with E-state index < -0.39 is 23.5 Å². The zero-order valence-corrected chi connectivity index (χ0v) is 22.9. The normalized spacial score (nSPS) is 37.8. The van der Waals surface area contributed by atoms with Crippen LogP contribution >= 0.6 is 0 Å². The highest BCUT2D eigenvalue weighted by atomic mass is 16.6. The third kappa shape index (κ3) is 4.78. The highest BCUT2D eigenvalue weighted by Crippen LogP contribution is 2.67. The highest BCUT2D eigenvalue weighted by Gasteiger charge is 2.62. The second-order valence-electron chi connectivity index (χ2n) is 12.8. The van der Waals surface area contributed by atoms with E-state index in [1.165, 1.54) is 12.0 Å². The molecule has 206 valence electrons. The molecule has 0 aromatic heterocycles. The summed E-state index contributed by atoms with van der Waals surface area (Å²) in [6.45, 7) is 6.49. The van der Waals surface area contributed by atoms with Crippen LogP contribution in [0.2, 0.25) is 0 Å². The number of hydrogen-bond donors (Lipinski definition) is 3. The van der Waals surface area contributed by atoms with Gasteiger partial charge in [0.1, 0.15) is 6.04 Å². The van der Waals surface area contributed by atoms with Crippen LogP contribution in [0.5, 0.6) is 0 Å². The summed E-state index contributed by atoms with van der Waals surface area (Å²) in [4.78, 5) is 29.4. The van der Waals surface area contributed by atoms with Crippen molar-refractivity contribution in [2.24, 2.45) is 33.7 Å². The first-order valence-corrected chi connectivity index (χ1v) is 14.2. The highest BCUT2D eigenvalue weighted by molar-refractivity contribution is 5.96. The summed E-state index contributed by atoms with van der Waals surface area (Å²) < 4.78 is 0. The fourth-order valence-electron chi connectivity index (χ4n) is 8.35. The number of carbonyl (C=O) groups excluding carboxylic acids is 1. The zero-order chi connectivity index (χ0) is 27.1. The van der Waals surface area contributed by atoms with Gasteiger partial charge in [-0.05, 0) is 98.5 Å². The number of oxime groups is 1. The standard InChI is InChI=1S/C31H42N2O5/c1-29-14-11-22(33-38-19-27(34)32-26(28(35)36)17-20-7-5-4-6-8-20)18-21(29)9-10-23-24(29)12-15-30(2)25(23)13-16-31(30,3)37/h4-8,18,23-26,37H,9-17,19H2,1-3H3,(H,32,34)(H,35,36)/b33-22+/t23-,24?,25?,26?,29+,30+,31+/m1/s1. The number of nitrogens with one attached hydrogen (secondary N) is 1. The number of carboxylic acid groups (broad SMARTS) is 1. The second-order valence-corrected chi connectivity index (χ2v) is 12.8. The number of allylic oxidation sites excluding steroid dienone is 2. The van der Waals surface area contributed by atoms with E-state index in [9.17, 15) is 19.8 Å². The van der Waals surface area contributed by atoms with Crippen LogP contribution in [0, 0.1) is 28.6 Å². The van der Waals surface area contributed by atoms with Gasteiger partial charge < -0.3 is 20.4 Å². The molecule has 0 aliphatic heterocycles. The molecule has 1 aromatic rings. The van der Waals surface area contributed by atoms with Gasteiger partial charge in [0.05, 0.1) is 11.3 Å². The van der Waals surface area contributed by atoms with E-state index in [2.05, 4.69) is 37.3 Å². The first-order chi connectivity index (χ1) is 18.0. The van der Waals surface area contributed by atoms with Gasteiger partial charge in [-0.2, -0.15) is 0 Å². The Balaban J connectivity index is 1.19. The zero-order valence-electron chi connectivity index (χ0n) is 22.9. The minimum absolute atomic E-state index is 0.0299. The minimum Gasteiger partial charge on any atom is -0.480 e. The number of carbonyl (C=O) groups is 2. The fraction of sp³-hybridized carbons (Fsp3) is 0.645. The molecular weight excluding hydrogens is 480 g/mol. The lowest BCUT2D eigenvalue weighted by atomic mass is 9.46. The molecule has 4 aliphatic carbocycles. The molecule has 0 heterocycles. The van der Waals surface area contributed by atoms with E-state index in [4.69, 9.17) is 4.84 Å². The van der Waals surface area contributed by atoms with Crippen molar-refractivity contribution < 1.29 is 24.6 Å². The number of benzene rings is 1. The van der Waals surface area contributed by atoms with Crippen LogP contribution in [0.3, 0.4) is 0 Å². The van der Waals surface area contributed by atoms with Gasteiger partial charge in [-0.1, -0.05) is 54.9 Å². The average Bonchev–Trinajstić information content (AvgIpc) is 3.13. The van der Waals surface area contributed by atoms with E-state index in [1.807, 2.05) is 30.3 Å². The SMILES string of the molecule is C[C@]12CC/C(=N\OCC(=O)NC(Cc3ccccc3)C(=O)O)C=C1CC[C@@H]1C2CC[C@@]2(C)C1CC[C@]2(C)O. The monoisotopic (exact) mass is 522 g/mol. The van der Waals surface area contributed by atoms with Gasteiger partial charge in [0.2, 0.25) is 0 Å². The number of carboxylic acids is 1. The summed E-state index contributed by atoms with van der Waals surface area (Å²) in [6, 6.07) is 8.21.